The Kier molecular flexibility index (Phi) is 11.2. The molecule has 0 aliphatic heterocycles. The van der Waals surface area contributed by atoms with Crippen molar-refractivity contribution in [3.63, 3.8) is 0 Å². The van der Waals surface area contributed by atoms with E-state index in [1.54, 1.807) is 30.3 Å². The quantitative estimate of drug-likeness (QED) is 0.111. The minimum Gasteiger partial charge on any atom is -0.455 e. The SMILES string of the molecule is CNC(=O)c1c(-c2ccc(F)cc2)oc2cc(CS(=O)(=O)NCCOCCOCc3ccc(C(=O)OCC(N)=O)cc3)c(C3CC3)cc12. The number of primary amides is 1. The van der Waals surface area contributed by atoms with Crippen LogP contribution in [0.25, 0.3) is 22.3 Å². The van der Waals surface area contributed by atoms with Crippen molar-refractivity contribution < 1.29 is 45.8 Å². The topological polar surface area (TPSA) is 176 Å². The predicted molar refractivity (Wildman–Crippen MR) is 174 cm³/mol. The van der Waals surface area contributed by atoms with Gasteiger partial charge in [0.15, 0.2) is 6.61 Å². The summed E-state index contributed by atoms with van der Waals surface area (Å²) in [5.74, 6) is -1.98. The lowest BCUT2D eigenvalue weighted by Gasteiger charge is -2.12. The summed E-state index contributed by atoms with van der Waals surface area (Å²) in [5.41, 5.74) is 8.71. The number of fused-ring (bicyclic) bond motifs is 1. The fourth-order valence-corrected chi connectivity index (χ4v) is 6.30. The van der Waals surface area contributed by atoms with Crippen LogP contribution in [0.1, 0.15) is 56.2 Å². The first-order valence-electron chi connectivity index (χ1n) is 15.3. The lowest BCUT2D eigenvalue weighted by molar-refractivity contribution is -0.121. The van der Waals surface area contributed by atoms with Crippen molar-refractivity contribution in [3.8, 4) is 11.3 Å². The van der Waals surface area contributed by atoms with Crippen LogP contribution in [0.5, 0.6) is 0 Å². The first-order valence-corrected chi connectivity index (χ1v) is 16.9. The summed E-state index contributed by atoms with van der Waals surface area (Å²) >= 11 is 0. The van der Waals surface area contributed by atoms with Crippen molar-refractivity contribution in [1.82, 2.24) is 10.0 Å². The first-order chi connectivity index (χ1) is 23.0. The zero-order chi connectivity index (χ0) is 34.3. The monoisotopic (exact) mass is 681 g/mol. The molecule has 0 bridgehead atoms. The van der Waals surface area contributed by atoms with Crippen molar-refractivity contribution in [2.75, 3.05) is 40.0 Å². The fraction of sp³-hybridized carbons (Fsp3) is 0.324. The number of halogens is 1. The Labute approximate surface area is 276 Å². The van der Waals surface area contributed by atoms with Crippen LogP contribution in [0.2, 0.25) is 0 Å². The van der Waals surface area contributed by atoms with E-state index in [9.17, 15) is 27.2 Å². The molecule has 1 saturated carbocycles. The van der Waals surface area contributed by atoms with Gasteiger partial charge in [0, 0.05) is 24.5 Å². The van der Waals surface area contributed by atoms with Gasteiger partial charge in [0.05, 0.1) is 43.3 Å². The molecule has 5 rings (SSSR count). The van der Waals surface area contributed by atoms with Crippen molar-refractivity contribution in [1.29, 1.82) is 0 Å². The molecule has 1 fully saturated rings. The summed E-state index contributed by atoms with van der Waals surface area (Å²) in [4.78, 5) is 35.5. The van der Waals surface area contributed by atoms with Gasteiger partial charge in [0.2, 0.25) is 10.0 Å². The van der Waals surface area contributed by atoms with Crippen molar-refractivity contribution in [2.45, 2.75) is 31.1 Å². The average Bonchev–Trinajstić information content (AvgIpc) is 3.85. The van der Waals surface area contributed by atoms with E-state index >= 15 is 0 Å². The minimum atomic E-state index is -3.74. The number of rotatable bonds is 17. The molecule has 0 saturated heterocycles. The third kappa shape index (κ3) is 9.04. The molecule has 0 unspecified atom stereocenters. The maximum Gasteiger partial charge on any atom is 0.338 e. The standard InChI is InChI=1S/C34H36FN3O9S/c1-37-33(40)31-28-17-27(22-6-7-22)25(16-29(28)47-32(31)23-8-10-26(35)11-9-23)20-48(42,43)38-12-13-44-14-15-45-18-21-2-4-24(5-3-21)34(41)46-19-30(36)39/h2-5,8-11,16-17,22,38H,6-7,12-15,18-20H2,1H3,(H2,36,39)(H,37,40). The second-order valence-electron chi connectivity index (χ2n) is 11.3. The molecule has 0 radical (unpaired) electrons. The predicted octanol–water partition coefficient (Wildman–Crippen LogP) is 3.77. The highest BCUT2D eigenvalue weighted by atomic mass is 32.2. The Morgan fingerprint density at radius 1 is 0.979 bits per heavy atom. The molecule has 1 aromatic heterocycles. The summed E-state index contributed by atoms with van der Waals surface area (Å²) in [7, 11) is -2.23. The highest BCUT2D eigenvalue weighted by molar-refractivity contribution is 7.88. The van der Waals surface area contributed by atoms with E-state index in [-0.39, 0.29) is 61.9 Å². The van der Waals surface area contributed by atoms with E-state index < -0.39 is 34.3 Å². The van der Waals surface area contributed by atoms with Crippen LogP contribution in [0.4, 0.5) is 4.39 Å². The summed E-state index contributed by atoms with van der Waals surface area (Å²) in [6.07, 6.45) is 1.83. The number of esters is 1. The van der Waals surface area contributed by atoms with Crippen molar-refractivity contribution in [2.24, 2.45) is 5.73 Å². The number of ether oxygens (including phenoxy) is 3. The fourth-order valence-electron chi connectivity index (χ4n) is 5.15. The molecule has 0 spiro atoms. The number of amides is 2. The molecule has 14 heteroatoms. The van der Waals surface area contributed by atoms with Crippen LogP contribution in [-0.4, -0.2) is 66.2 Å². The Morgan fingerprint density at radius 3 is 2.35 bits per heavy atom. The Hall–Kier alpha value is -4.63. The van der Waals surface area contributed by atoms with E-state index in [1.165, 1.54) is 31.3 Å². The van der Waals surface area contributed by atoms with E-state index in [4.69, 9.17) is 24.4 Å². The van der Waals surface area contributed by atoms with Crippen LogP contribution >= 0.6 is 0 Å². The third-order valence-electron chi connectivity index (χ3n) is 7.62. The Balaban J connectivity index is 1.12. The van der Waals surface area contributed by atoms with Gasteiger partial charge in [-0.25, -0.2) is 22.3 Å². The maximum absolute atomic E-state index is 13.6. The van der Waals surface area contributed by atoms with Crippen LogP contribution in [0, 0.1) is 5.82 Å². The minimum absolute atomic E-state index is 0.0624. The second-order valence-corrected chi connectivity index (χ2v) is 13.1. The Bertz CT molecular complexity index is 1890. The molecule has 1 aliphatic carbocycles. The molecule has 4 aromatic rings. The number of nitrogens with one attached hydrogen (secondary N) is 2. The van der Waals surface area contributed by atoms with Crippen molar-refractivity contribution >= 4 is 38.8 Å². The van der Waals surface area contributed by atoms with E-state index in [1.807, 2.05) is 6.07 Å². The first kappa shape index (κ1) is 34.7. The van der Waals surface area contributed by atoms with Gasteiger partial charge < -0.3 is 29.7 Å². The smallest absolute Gasteiger partial charge is 0.338 e. The van der Waals surface area contributed by atoms with Gasteiger partial charge in [-0.05, 0) is 84.0 Å². The summed E-state index contributed by atoms with van der Waals surface area (Å²) in [6, 6.07) is 15.6. The molecular weight excluding hydrogens is 645 g/mol. The van der Waals surface area contributed by atoms with Crippen LogP contribution in [0.3, 0.4) is 0 Å². The summed E-state index contributed by atoms with van der Waals surface area (Å²) in [5, 5.41) is 3.21. The van der Waals surface area contributed by atoms with Crippen LogP contribution in [0.15, 0.2) is 65.1 Å². The van der Waals surface area contributed by atoms with E-state index in [2.05, 4.69) is 10.0 Å². The lowest BCUT2D eigenvalue weighted by atomic mass is 9.98. The van der Waals surface area contributed by atoms with Gasteiger partial charge in [0.25, 0.3) is 11.8 Å². The molecule has 0 atom stereocenters. The number of benzene rings is 3. The van der Waals surface area contributed by atoms with Crippen LogP contribution < -0.4 is 15.8 Å². The van der Waals surface area contributed by atoms with Crippen molar-refractivity contribution in [3.05, 3.63) is 94.3 Å². The third-order valence-corrected chi connectivity index (χ3v) is 8.95. The highest BCUT2D eigenvalue weighted by Gasteiger charge is 2.31. The largest absolute Gasteiger partial charge is 0.455 e. The average molecular weight is 682 g/mol. The number of furan rings is 1. The lowest BCUT2D eigenvalue weighted by Crippen LogP contribution is -2.29. The van der Waals surface area contributed by atoms with Gasteiger partial charge in [0.1, 0.15) is 17.2 Å². The molecule has 1 heterocycles. The van der Waals surface area contributed by atoms with Crippen LogP contribution in [-0.2, 0) is 41.4 Å². The normalized spacial score (nSPS) is 13.0. The maximum atomic E-state index is 13.6. The van der Waals surface area contributed by atoms with Gasteiger partial charge >= 0.3 is 5.97 Å². The number of sulfonamides is 1. The summed E-state index contributed by atoms with van der Waals surface area (Å²) in [6.45, 7) is 0.483. The number of carbonyl (C=O) groups is 3. The van der Waals surface area contributed by atoms with E-state index in [0.29, 0.717) is 27.7 Å². The van der Waals surface area contributed by atoms with Gasteiger partial charge in [-0.15, -0.1) is 0 Å². The van der Waals surface area contributed by atoms with Gasteiger partial charge in [-0.1, -0.05) is 12.1 Å². The highest BCUT2D eigenvalue weighted by Crippen LogP contribution is 2.45. The molecule has 254 valence electrons. The molecule has 3 aromatic carbocycles. The molecule has 48 heavy (non-hydrogen) atoms. The second kappa shape index (κ2) is 15.5. The zero-order valence-corrected chi connectivity index (χ0v) is 27.1. The van der Waals surface area contributed by atoms with Gasteiger partial charge in [-0.3, -0.25) is 9.59 Å². The number of carbonyl (C=O) groups excluding carboxylic acids is 3. The molecule has 2 amide bonds. The number of nitrogens with two attached hydrogens (primary N) is 1. The van der Waals surface area contributed by atoms with Gasteiger partial charge in [-0.2, -0.15) is 0 Å². The molecular formula is C34H36FN3O9S. The Morgan fingerprint density at radius 2 is 1.69 bits per heavy atom. The summed E-state index contributed by atoms with van der Waals surface area (Å²) < 4.78 is 64.2. The molecule has 12 nitrogen and oxygen atoms in total. The number of hydrogen-bond acceptors (Lipinski definition) is 9. The molecule has 4 N–H and O–H groups in total. The number of hydrogen-bond donors (Lipinski definition) is 3. The molecule has 1 aliphatic rings. The van der Waals surface area contributed by atoms with E-state index in [0.717, 1.165) is 24.0 Å². The zero-order valence-electron chi connectivity index (χ0n) is 26.3.